The minimum Gasteiger partial charge on any atom is -0.337 e. The number of likely N-dealkylation sites (tertiary alicyclic amines) is 1. The van der Waals surface area contributed by atoms with Crippen LogP contribution in [0.3, 0.4) is 0 Å². The summed E-state index contributed by atoms with van der Waals surface area (Å²) < 4.78 is 1.66. The fourth-order valence-electron chi connectivity index (χ4n) is 3.13. The third-order valence-electron chi connectivity index (χ3n) is 4.20. The van der Waals surface area contributed by atoms with Crippen LogP contribution in [0, 0.1) is 0 Å². The summed E-state index contributed by atoms with van der Waals surface area (Å²) in [5.74, 6) is 0.0264. The number of nitrogens with zero attached hydrogens (tertiary/aromatic N) is 4. The maximum atomic E-state index is 12.5. The fraction of sp³-hybridized carbons (Fsp3) is 0.333. The van der Waals surface area contributed by atoms with Crippen molar-refractivity contribution >= 4 is 28.4 Å². The second kappa shape index (κ2) is 5.62. The molecule has 3 aromatic rings. The lowest BCUT2D eigenvalue weighted by atomic mass is 10.0. The predicted molar refractivity (Wildman–Crippen MR) is 86.6 cm³/mol. The van der Waals surface area contributed by atoms with E-state index >= 15 is 0 Å². The van der Waals surface area contributed by atoms with Crippen LogP contribution < -0.4 is 5.69 Å². The number of hydrogen-bond donors (Lipinski definition) is 1. The first-order chi connectivity index (χ1) is 11.2. The molecular formula is C15H15N5O2S. The molecule has 1 N–H and O–H groups in total. The van der Waals surface area contributed by atoms with Gasteiger partial charge in [-0.25, -0.2) is 14.8 Å². The molecule has 1 amide bonds. The van der Waals surface area contributed by atoms with Crippen LogP contribution in [0.5, 0.6) is 0 Å². The molecule has 1 aliphatic rings. The summed E-state index contributed by atoms with van der Waals surface area (Å²) in [6.45, 7) is 1.24. The first-order valence-corrected chi connectivity index (χ1v) is 8.40. The molecule has 0 saturated carbocycles. The van der Waals surface area contributed by atoms with Crippen molar-refractivity contribution in [2.45, 2.75) is 18.9 Å². The Bertz CT molecular complexity index is 898. The van der Waals surface area contributed by atoms with Gasteiger partial charge in [0.15, 0.2) is 5.65 Å². The number of fused-ring (bicyclic) bond motifs is 1. The van der Waals surface area contributed by atoms with Crippen molar-refractivity contribution in [3.8, 4) is 0 Å². The van der Waals surface area contributed by atoms with Gasteiger partial charge in [-0.2, -0.15) is 11.3 Å². The zero-order valence-corrected chi connectivity index (χ0v) is 13.1. The topological polar surface area (TPSA) is 83.9 Å². The van der Waals surface area contributed by atoms with E-state index in [0.717, 1.165) is 19.4 Å². The van der Waals surface area contributed by atoms with Crippen LogP contribution in [0.4, 0.5) is 0 Å². The highest BCUT2D eigenvalue weighted by molar-refractivity contribution is 7.08. The number of hydrogen-bond acceptors (Lipinski definition) is 5. The van der Waals surface area contributed by atoms with Crippen molar-refractivity contribution in [1.29, 1.82) is 0 Å². The highest BCUT2D eigenvalue weighted by Crippen LogP contribution is 2.24. The highest BCUT2D eigenvalue weighted by atomic mass is 32.1. The molecule has 0 unspecified atom stereocenters. The van der Waals surface area contributed by atoms with Crippen molar-refractivity contribution in [1.82, 2.24) is 24.4 Å². The van der Waals surface area contributed by atoms with E-state index in [9.17, 15) is 9.59 Å². The molecule has 0 radical (unpaired) electrons. The van der Waals surface area contributed by atoms with Gasteiger partial charge in [-0.3, -0.25) is 9.36 Å². The number of nitrogens with one attached hydrogen (secondary N) is 1. The van der Waals surface area contributed by atoms with Gasteiger partial charge in [0.1, 0.15) is 11.8 Å². The van der Waals surface area contributed by atoms with Gasteiger partial charge in [0.2, 0.25) is 0 Å². The van der Waals surface area contributed by atoms with Gasteiger partial charge in [-0.05, 0) is 24.3 Å². The van der Waals surface area contributed by atoms with Gasteiger partial charge in [0, 0.05) is 18.5 Å². The Morgan fingerprint density at radius 3 is 3.17 bits per heavy atom. The molecule has 23 heavy (non-hydrogen) atoms. The average Bonchev–Trinajstić information content (AvgIpc) is 3.21. The van der Waals surface area contributed by atoms with Crippen LogP contribution in [0.1, 0.15) is 29.2 Å². The molecule has 0 aromatic carbocycles. The number of amides is 1. The van der Waals surface area contributed by atoms with Gasteiger partial charge in [0.05, 0.1) is 17.8 Å². The average molecular weight is 329 g/mol. The van der Waals surface area contributed by atoms with E-state index in [1.165, 1.54) is 17.7 Å². The Kier molecular flexibility index (Phi) is 3.45. The maximum absolute atomic E-state index is 12.5. The standard InChI is InChI=1S/C15H15N5O2S/c21-14(10-3-5-23-8-10)19-4-1-2-11(7-19)20-13-12(18-15(20)22)6-16-9-17-13/h3,5-6,8-9,11H,1-2,4,7H2,(H,18,22)/t11-/m0/s1. The first kappa shape index (κ1) is 14.1. The summed E-state index contributed by atoms with van der Waals surface area (Å²) in [5, 5.41) is 3.76. The fourth-order valence-corrected chi connectivity index (χ4v) is 3.76. The molecule has 7 nitrogen and oxygen atoms in total. The van der Waals surface area contributed by atoms with Gasteiger partial charge >= 0.3 is 5.69 Å². The SMILES string of the molecule is O=C(c1ccsc1)N1CCC[C@H](n2c(=O)[nH]c3cncnc32)C1. The quantitative estimate of drug-likeness (QED) is 0.775. The van der Waals surface area contributed by atoms with E-state index in [-0.39, 0.29) is 17.6 Å². The van der Waals surface area contributed by atoms with E-state index in [0.29, 0.717) is 23.3 Å². The number of carbonyl (C=O) groups excluding carboxylic acids is 1. The van der Waals surface area contributed by atoms with Crippen LogP contribution in [0.2, 0.25) is 0 Å². The number of rotatable bonds is 2. The number of aromatic nitrogens is 4. The third-order valence-corrected chi connectivity index (χ3v) is 4.88. The Morgan fingerprint density at radius 1 is 1.43 bits per heavy atom. The zero-order valence-electron chi connectivity index (χ0n) is 12.3. The molecule has 4 rings (SSSR count). The molecule has 1 atom stereocenters. The summed E-state index contributed by atoms with van der Waals surface area (Å²) in [7, 11) is 0. The molecule has 0 spiro atoms. The molecule has 8 heteroatoms. The van der Waals surface area contributed by atoms with Crippen LogP contribution in [-0.4, -0.2) is 43.4 Å². The number of thiophene rings is 1. The number of aromatic amines is 1. The van der Waals surface area contributed by atoms with Crippen molar-refractivity contribution in [3.63, 3.8) is 0 Å². The summed E-state index contributed by atoms with van der Waals surface area (Å²) in [5.41, 5.74) is 1.73. The Morgan fingerprint density at radius 2 is 2.35 bits per heavy atom. The van der Waals surface area contributed by atoms with E-state index in [1.54, 1.807) is 10.8 Å². The van der Waals surface area contributed by atoms with E-state index in [1.807, 2.05) is 21.7 Å². The molecule has 1 fully saturated rings. The molecule has 118 valence electrons. The van der Waals surface area contributed by atoms with E-state index in [2.05, 4.69) is 15.0 Å². The Labute approximate surface area is 135 Å². The van der Waals surface area contributed by atoms with E-state index < -0.39 is 0 Å². The number of imidazole rings is 1. The Balaban J connectivity index is 1.65. The number of carbonyl (C=O) groups is 1. The largest absolute Gasteiger partial charge is 0.337 e. The molecule has 1 aliphatic heterocycles. The van der Waals surface area contributed by atoms with Crippen molar-refractivity contribution in [3.05, 3.63) is 45.4 Å². The van der Waals surface area contributed by atoms with Gasteiger partial charge < -0.3 is 9.88 Å². The molecule has 3 aromatic heterocycles. The third kappa shape index (κ3) is 2.44. The second-order valence-electron chi connectivity index (χ2n) is 5.62. The number of piperidine rings is 1. The highest BCUT2D eigenvalue weighted by Gasteiger charge is 2.28. The maximum Gasteiger partial charge on any atom is 0.328 e. The van der Waals surface area contributed by atoms with Crippen molar-refractivity contribution < 1.29 is 4.79 Å². The number of H-pyrrole nitrogens is 1. The molecule has 4 heterocycles. The van der Waals surface area contributed by atoms with Crippen LogP contribution in [-0.2, 0) is 0 Å². The molecule has 0 aliphatic carbocycles. The summed E-state index contributed by atoms with van der Waals surface area (Å²) in [4.78, 5) is 37.6. The Hall–Kier alpha value is -2.48. The summed E-state index contributed by atoms with van der Waals surface area (Å²) in [6.07, 6.45) is 4.75. The second-order valence-corrected chi connectivity index (χ2v) is 6.40. The zero-order chi connectivity index (χ0) is 15.8. The molecule has 0 bridgehead atoms. The minimum atomic E-state index is -0.199. The van der Waals surface area contributed by atoms with Crippen molar-refractivity contribution in [2.75, 3.05) is 13.1 Å². The van der Waals surface area contributed by atoms with Crippen LogP contribution in [0.25, 0.3) is 11.2 Å². The van der Waals surface area contributed by atoms with Gasteiger partial charge in [0.25, 0.3) is 5.91 Å². The molecular weight excluding hydrogens is 314 g/mol. The summed E-state index contributed by atoms with van der Waals surface area (Å²) >= 11 is 1.51. The lowest BCUT2D eigenvalue weighted by molar-refractivity contribution is 0.0680. The van der Waals surface area contributed by atoms with Gasteiger partial charge in [-0.1, -0.05) is 0 Å². The minimum absolute atomic E-state index is 0.0264. The lowest BCUT2D eigenvalue weighted by Crippen LogP contribution is -2.42. The van der Waals surface area contributed by atoms with E-state index in [4.69, 9.17) is 0 Å². The molecule has 1 saturated heterocycles. The van der Waals surface area contributed by atoms with Crippen molar-refractivity contribution in [2.24, 2.45) is 0 Å². The van der Waals surface area contributed by atoms with Gasteiger partial charge in [-0.15, -0.1) is 0 Å². The lowest BCUT2D eigenvalue weighted by Gasteiger charge is -2.33. The smallest absolute Gasteiger partial charge is 0.328 e. The summed E-state index contributed by atoms with van der Waals surface area (Å²) in [6, 6.07) is 1.77. The normalized spacial score (nSPS) is 18.4. The van der Waals surface area contributed by atoms with Crippen LogP contribution >= 0.6 is 11.3 Å². The monoisotopic (exact) mass is 329 g/mol. The predicted octanol–water partition coefficient (Wildman–Crippen LogP) is 1.66. The van der Waals surface area contributed by atoms with Crippen LogP contribution in [0.15, 0.2) is 34.1 Å². The first-order valence-electron chi connectivity index (χ1n) is 7.46.